The van der Waals surface area contributed by atoms with Gasteiger partial charge in [-0.1, -0.05) is 11.6 Å². The molecule has 5 rings (SSSR count). The molecule has 1 saturated carbocycles. The van der Waals surface area contributed by atoms with Gasteiger partial charge >= 0.3 is 0 Å². The van der Waals surface area contributed by atoms with Crippen molar-refractivity contribution in [3.8, 4) is 0 Å². The monoisotopic (exact) mass is 482 g/mol. The van der Waals surface area contributed by atoms with Crippen LogP contribution in [0.15, 0.2) is 48.7 Å². The maximum atomic E-state index is 13.9. The first-order valence-electron chi connectivity index (χ1n) is 11.4. The number of hydrogen-bond acceptors (Lipinski definition) is 4. The van der Waals surface area contributed by atoms with E-state index in [9.17, 15) is 4.39 Å². The zero-order chi connectivity index (χ0) is 22.9. The molecule has 2 aromatic heterocycles. The molecule has 170 valence electrons. The van der Waals surface area contributed by atoms with Crippen LogP contribution in [0.2, 0.25) is 10.3 Å². The largest absolute Gasteiger partial charge is 0.367 e. The molecule has 1 fully saturated rings. The van der Waals surface area contributed by atoms with E-state index in [1.807, 2.05) is 18.3 Å². The number of nitrogens with zero attached hydrogens (tertiary/aromatic N) is 3. The number of fused-ring (bicyclic) bond motifs is 2. The van der Waals surface area contributed by atoms with Crippen LogP contribution in [-0.2, 0) is 0 Å². The maximum absolute atomic E-state index is 13.9. The van der Waals surface area contributed by atoms with Crippen LogP contribution in [0.25, 0.3) is 21.8 Å². The number of halogens is 3. The lowest BCUT2D eigenvalue weighted by Gasteiger charge is -2.31. The molecule has 0 spiro atoms. The van der Waals surface area contributed by atoms with Gasteiger partial charge in [-0.3, -0.25) is 4.98 Å². The van der Waals surface area contributed by atoms with Crippen LogP contribution in [0.3, 0.4) is 0 Å². The summed E-state index contributed by atoms with van der Waals surface area (Å²) in [5.74, 6) is 1.62. The number of aromatic nitrogens is 3. The molecule has 2 aromatic carbocycles. The normalized spacial score (nSPS) is 19.6. The number of pyridine rings is 1. The first-order valence-corrected chi connectivity index (χ1v) is 12.2. The number of nitrogens with one attached hydrogen (secondary N) is 1. The van der Waals surface area contributed by atoms with Gasteiger partial charge in [0.25, 0.3) is 0 Å². The summed E-state index contributed by atoms with van der Waals surface area (Å²) < 4.78 is 13.9. The van der Waals surface area contributed by atoms with Gasteiger partial charge in [0.05, 0.1) is 11.0 Å². The highest BCUT2D eigenvalue weighted by molar-refractivity contribution is 6.31. The summed E-state index contributed by atoms with van der Waals surface area (Å²) in [6.07, 6.45) is 7.40. The van der Waals surface area contributed by atoms with Gasteiger partial charge < -0.3 is 5.32 Å². The van der Waals surface area contributed by atoms with E-state index >= 15 is 0 Å². The summed E-state index contributed by atoms with van der Waals surface area (Å²) in [5, 5.41) is 6.23. The number of anilines is 1. The average Bonchev–Trinajstić information content (AvgIpc) is 2.78. The molecule has 0 unspecified atom stereocenters. The Morgan fingerprint density at radius 2 is 1.79 bits per heavy atom. The quantitative estimate of drug-likeness (QED) is 0.295. The minimum Gasteiger partial charge on any atom is -0.367 e. The first kappa shape index (κ1) is 22.3. The van der Waals surface area contributed by atoms with Crippen LogP contribution in [0, 0.1) is 11.7 Å². The van der Waals surface area contributed by atoms with Gasteiger partial charge in [-0.05, 0) is 110 Å². The van der Waals surface area contributed by atoms with Crippen LogP contribution in [0.5, 0.6) is 0 Å². The predicted molar refractivity (Wildman–Crippen MR) is 134 cm³/mol. The van der Waals surface area contributed by atoms with Crippen LogP contribution < -0.4 is 5.32 Å². The van der Waals surface area contributed by atoms with Crippen LogP contribution in [0.4, 0.5) is 10.2 Å². The second-order valence-corrected chi connectivity index (χ2v) is 9.84. The van der Waals surface area contributed by atoms with Crippen LogP contribution >= 0.6 is 23.2 Å². The van der Waals surface area contributed by atoms with Gasteiger partial charge in [0.15, 0.2) is 0 Å². The fraction of sp³-hybridized carbons (Fsp3) is 0.346. The summed E-state index contributed by atoms with van der Waals surface area (Å²) in [7, 11) is 0. The Labute approximate surface area is 202 Å². The molecular formula is C26H25Cl2FN4. The second-order valence-electron chi connectivity index (χ2n) is 9.06. The molecule has 4 nitrogen and oxygen atoms in total. The van der Waals surface area contributed by atoms with E-state index in [1.165, 1.54) is 11.6 Å². The summed E-state index contributed by atoms with van der Waals surface area (Å²) in [6, 6.07) is 12.7. The number of hydrogen-bond donors (Lipinski definition) is 1. The Morgan fingerprint density at radius 1 is 0.970 bits per heavy atom. The smallest absolute Gasteiger partial charge is 0.224 e. The van der Waals surface area contributed by atoms with Crippen molar-refractivity contribution in [3.05, 3.63) is 70.3 Å². The molecule has 1 aliphatic rings. The summed E-state index contributed by atoms with van der Waals surface area (Å²) in [4.78, 5) is 13.1. The summed E-state index contributed by atoms with van der Waals surface area (Å²) in [6.45, 7) is 2.18. The Morgan fingerprint density at radius 3 is 2.61 bits per heavy atom. The van der Waals surface area contributed by atoms with Gasteiger partial charge in [-0.15, -0.1) is 0 Å². The fourth-order valence-corrected chi connectivity index (χ4v) is 5.52. The van der Waals surface area contributed by atoms with E-state index in [-0.39, 0.29) is 17.1 Å². The van der Waals surface area contributed by atoms with Crippen molar-refractivity contribution in [2.24, 2.45) is 5.92 Å². The zero-order valence-corrected chi connectivity index (χ0v) is 19.9. The molecule has 1 aliphatic carbocycles. The van der Waals surface area contributed by atoms with Crippen LogP contribution in [-0.4, -0.2) is 21.0 Å². The van der Waals surface area contributed by atoms with E-state index in [4.69, 9.17) is 23.2 Å². The molecular weight excluding hydrogens is 458 g/mol. The third kappa shape index (κ3) is 4.90. The summed E-state index contributed by atoms with van der Waals surface area (Å²) >= 11 is 12.3. The van der Waals surface area contributed by atoms with Crippen LogP contribution in [0.1, 0.15) is 50.5 Å². The molecule has 0 bridgehead atoms. The highest BCUT2D eigenvalue weighted by Crippen LogP contribution is 2.40. The van der Waals surface area contributed by atoms with Gasteiger partial charge in [0.2, 0.25) is 5.28 Å². The minimum atomic E-state index is -0.204. The van der Waals surface area contributed by atoms with E-state index in [0.29, 0.717) is 16.9 Å². The molecule has 1 N–H and O–H groups in total. The molecule has 2 heterocycles. The second kappa shape index (κ2) is 9.40. The Hall–Kier alpha value is -2.50. The van der Waals surface area contributed by atoms with Crippen molar-refractivity contribution < 1.29 is 4.39 Å². The molecule has 0 aliphatic heterocycles. The standard InChI is InChI=1S/C26H25Cl2FN4/c1-15(31-25-21-8-6-18(27)13-24(21)32-26(28)33-25)12-16-2-4-17(5-3-16)20-10-11-30-23-9-7-19(29)14-22(20)23/h6-11,13-17H,2-5,12H2,1H3,(H,31,32,33)/t15-,16-,17-/m1/s1. The predicted octanol–water partition coefficient (Wildman–Crippen LogP) is 7.79. The summed E-state index contributed by atoms with van der Waals surface area (Å²) in [5.41, 5.74) is 2.83. The van der Waals surface area contributed by atoms with Crippen molar-refractivity contribution in [2.45, 2.75) is 51.0 Å². The van der Waals surface area contributed by atoms with Crippen molar-refractivity contribution in [3.63, 3.8) is 0 Å². The van der Waals surface area contributed by atoms with Gasteiger partial charge in [0.1, 0.15) is 11.6 Å². The SMILES string of the molecule is C[C@H](C[C@H]1CC[C@H](c2ccnc3ccc(F)cc32)CC1)Nc1nc(Cl)nc2cc(Cl)ccc12. The highest BCUT2D eigenvalue weighted by Gasteiger charge is 2.25. The van der Waals surface area contributed by atoms with Gasteiger partial charge in [-0.2, -0.15) is 0 Å². The van der Waals surface area contributed by atoms with Crippen molar-refractivity contribution in [2.75, 3.05) is 5.32 Å². The Kier molecular flexibility index (Phi) is 6.35. The van der Waals surface area contributed by atoms with Gasteiger partial charge in [-0.25, -0.2) is 14.4 Å². The third-order valence-electron chi connectivity index (χ3n) is 6.73. The molecule has 0 saturated heterocycles. The number of rotatable bonds is 5. The van der Waals surface area contributed by atoms with Crippen molar-refractivity contribution in [1.29, 1.82) is 0 Å². The van der Waals surface area contributed by atoms with Gasteiger partial charge in [0, 0.05) is 28.0 Å². The molecule has 4 aromatic rings. The highest BCUT2D eigenvalue weighted by atomic mass is 35.5. The topological polar surface area (TPSA) is 50.7 Å². The first-order chi connectivity index (χ1) is 16.0. The van der Waals surface area contributed by atoms with Crippen molar-refractivity contribution >= 4 is 50.8 Å². The lowest BCUT2D eigenvalue weighted by molar-refractivity contribution is 0.302. The van der Waals surface area contributed by atoms with E-state index < -0.39 is 0 Å². The lowest BCUT2D eigenvalue weighted by atomic mass is 9.76. The van der Waals surface area contributed by atoms with E-state index in [1.54, 1.807) is 18.2 Å². The third-order valence-corrected chi connectivity index (χ3v) is 7.13. The molecule has 0 radical (unpaired) electrons. The molecule has 33 heavy (non-hydrogen) atoms. The number of benzene rings is 2. The molecule has 1 atom stereocenters. The zero-order valence-electron chi connectivity index (χ0n) is 18.4. The lowest BCUT2D eigenvalue weighted by Crippen LogP contribution is -2.23. The maximum Gasteiger partial charge on any atom is 0.224 e. The Bertz CT molecular complexity index is 1300. The van der Waals surface area contributed by atoms with E-state index in [0.717, 1.165) is 59.7 Å². The fourth-order valence-electron chi connectivity index (χ4n) is 5.18. The van der Waals surface area contributed by atoms with E-state index in [2.05, 4.69) is 33.3 Å². The Balaban J connectivity index is 1.24. The molecule has 7 heteroatoms. The minimum absolute atomic E-state index is 0.204. The average molecular weight is 483 g/mol. The van der Waals surface area contributed by atoms with Crippen molar-refractivity contribution in [1.82, 2.24) is 15.0 Å². The molecule has 0 amide bonds.